The van der Waals surface area contributed by atoms with Crippen molar-refractivity contribution >= 4 is 33.4 Å². The van der Waals surface area contributed by atoms with Crippen LogP contribution in [0.5, 0.6) is 0 Å². The standard InChI is InChI=1S/C22H29N5O7S/c1-16(24)25-13-7-6-10-22(11-12-23,21(30)26(34-15-33-2)14-35(3,31)32)27-19(28)17-8-4-5-9-18(17)20(27)29/h4-5,8-9H,6-7,10-11,13-15H2,1-3H3,(H2,24,25). The van der Waals surface area contributed by atoms with E-state index in [2.05, 4.69) is 5.32 Å². The first-order valence-corrected chi connectivity index (χ1v) is 12.8. The van der Waals surface area contributed by atoms with Crippen molar-refractivity contribution in [3.63, 3.8) is 0 Å². The first kappa shape index (κ1) is 27.9. The second-order valence-corrected chi connectivity index (χ2v) is 10.3. The maximum absolute atomic E-state index is 13.9. The molecule has 1 aliphatic heterocycles. The Hall–Kier alpha value is -3.34. The number of nitriles is 1. The number of nitrogens with one attached hydrogen (secondary N) is 2. The van der Waals surface area contributed by atoms with Gasteiger partial charge in [-0.15, -0.1) is 0 Å². The molecule has 0 fully saturated rings. The van der Waals surface area contributed by atoms with Gasteiger partial charge in [-0.2, -0.15) is 5.26 Å². The number of sulfone groups is 1. The molecular formula is C22H29N5O7S. The molecule has 1 aliphatic rings. The number of benzene rings is 1. The van der Waals surface area contributed by atoms with Crippen LogP contribution in [0, 0.1) is 16.7 Å². The normalized spacial score (nSPS) is 14.7. The smallest absolute Gasteiger partial charge is 0.274 e. The molecule has 0 bridgehead atoms. The van der Waals surface area contributed by atoms with Gasteiger partial charge in [-0.25, -0.2) is 18.3 Å². The fourth-order valence-corrected chi connectivity index (χ4v) is 4.42. The van der Waals surface area contributed by atoms with E-state index in [4.69, 9.17) is 15.0 Å². The van der Waals surface area contributed by atoms with Crippen LogP contribution >= 0.6 is 0 Å². The molecule has 1 heterocycles. The molecular weight excluding hydrogens is 478 g/mol. The lowest BCUT2D eigenvalue weighted by molar-refractivity contribution is -0.220. The number of nitrogens with zero attached hydrogens (tertiary/aromatic N) is 3. The monoisotopic (exact) mass is 507 g/mol. The van der Waals surface area contributed by atoms with Crippen LogP contribution in [0.4, 0.5) is 0 Å². The quantitative estimate of drug-likeness (QED) is 0.0989. The molecule has 0 aliphatic carbocycles. The summed E-state index contributed by atoms with van der Waals surface area (Å²) in [7, 11) is -2.53. The van der Waals surface area contributed by atoms with Gasteiger partial charge in [-0.05, 0) is 38.3 Å². The molecule has 2 N–H and O–H groups in total. The Morgan fingerprint density at radius 3 is 2.31 bits per heavy atom. The van der Waals surface area contributed by atoms with Crippen molar-refractivity contribution in [3.8, 4) is 6.07 Å². The van der Waals surface area contributed by atoms with E-state index in [0.717, 1.165) is 11.2 Å². The zero-order valence-corrected chi connectivity index (χ0v) is 20.7. The summed E-state index contributed by atoms with van der Waals surface area (Å²) in [6.45, 7) is 1.48. The van der Waals surface area contributed by atoms with Gasteiger partial charge in [0.1, 0.15) is 5.54 Å². The van der Waals surface area contributed by atoms with Crippen LogP contribution in [-0.4, -0.2) is 80.1 Å². The first-order valence-electron chi connectivity index (χ1n) is 10.7. The van der Waals surface area contributed by atoms with Crippen LogP contribution in [0.2, 0.25) is 0 Å². The topological polar surface area (TPSA) is 170 Å². The number of hydrogen-bond acceptors (Lipinski definition) is 9. The molecule has 1 atom stereocenters. The average Bonchev–Trinajstić information content (AvgIpc) is 3.05. The number of imide groups is 1. The van der Waals surface area contributed by atoms with E-state index >= 15 is 0 Å². The second kappa shape index (κ2) is 11.9. The Morgan fingerprint density at radius 1 is 1.23 bits per heavy atom. The highest BCUT2D eigenvalue weighted by molar-refractivity contribution is 7.90. The molecule has 0 saturated heterocycles. The number of hydrogen-bond donors (Lipinski definition) is 2. The molecule has 12 nitrogen and oxygen atoms in total. The lowest BCUT2D eigenvalue weighted by atomic mass is 9.86. The summed E-state index contributed by atoms with van der Waals surface area (Å²) in [5.74, 6) is -3.16. The van der Waals surface area contributed by atoms with Gasteiger partial charge in [0.2, 0.25) is 0 Å². The number of ether oxygens (including phenoxy) is 1. The molecule has 0 radical (unpaired) electrons. The van der Waals surface area contributed by atoms with Gasteiger partial charge in [0.15, 0.2) is 22.5 Å². The zero-order chi connectivity index (χ0) is 26.2. The molecule has 35 heavy (non-hydrogen) atoms. The van der Waals surface area contributed by atoms with Gasteiger partial charge in [-0.3, -0.25) is 24.7 Å². The van der Waals surface area contributed by atoms with E-state index in [1.165, 1.54) is 19.2 Å². The lowest BCUT2D eigenvalue weighted by Gasteiger charge is -2.40. The van der Waals surface area contributed by atoms with E-state index in [9.17, 15) is 28.1 Å². The van der Waals surface area contributed by atoms with E-state index in [1.54, 1.807) is 19.1 Å². The Balaban J connectivity index is 2.55. The first-order chi connectivity index (χ1) is 16.5. The maximum Gasteiger partial charge on any atom is 0.274 e. The van der Waals surface area contributed by atoms with Crippen molar-refractivity contribution in [2.45, 2.75) is 38.1 Å². The van der Waals surface area contributed by atoms with E-state index in [-0.39, 0.29) is 29.8 Å². The summed E-state index contributed by atoms with van der Waals surface area (Å²) in [5, 5.41) is 20.5. The summed E-state index contributed by atoms with van der Waals surface area (Å²) in [5.41, 5.74) is -1.86. The molecule has 1 aromatic carbocycles. The number of unbranched alkanes of at least 4 members (excludes halogenated alkanes) is 1. The summed E-state index contributed by atoms with van der Waals surface area (Å²) in [4.78, 5) is 46.5. The summed E-state index contributed by atoms with van der Waals surface area (Å²) < 4.78 is 28.9. The average molecular weight is 508 g/mol. The SMILES string of the molecule is COCON(CS(C)(=O)=O)C(=O)C(CC#N)(CCCCNC(C)=N)N1C(=O)c2ccccc2C1=O. The zero-order valence-electron chi connectivity index (χ0n) is 19.9. The molecule has 13 heteroatoms. The van der Waals surface area contributed by atoms with Gasteiger partial charge >= 0.3 is 0 Å². The van der Waals surface area contributed by atoms with Gasteiger partial charge in [0.05, 0.1) is 29.5 Å². The predicted octanol–water partition coefficient (Wildman–Crippen LogP) is 1.06. The van der Waals surface area contributed by atoms with Gasteiger partial charge in [-0.1, -0.05) is 12.1 Å². The van der Waals surface area contributed by atoms with Gasteiger partial charge in [0, 0.05) is 19.9 Å². The summed E-state index contributed by atoms with van der Waals surface area (Å²) >= 11 is 0. The van der Waals surface area contributed by atoms with E-state index in [0.29, 0.717) is 18.0 Å². The number of carbonyl (C=O) groups is 3. The molecule has 0 aromatic heterocycles. The Bertz CT molecular complexity index is 1100. The molecule has 0 spiro atoms. The number of amidine groups is 1. The number of fused-ring (bicyclic) bond motifs is 1. The molecule has 1 aromatic rings. The predicted molar refractivity (Wildman–Crippen MR) is 125 cm³/mol. The fourth-order valence-electron chi connectivity index (χ4n) is 3.80. The van der Waals surface area contributed by atoms with Crippen LogP contribution in [0.3, 0.4) is 0 Å². The van der Waals surface area contributed by atoms with Crippen LogP contribution in [-0.2, 0) is 24.2 Å². The minimum absolute atomic E-state index is 0.0844. The van der Waals surface area contributed by atoms with Crippen molar-refractivity contribution in [3.05, 3.63) is 35.4 Å². The number of amides is 3. The van der Waals surface area contributed by atoms with Crippen molar-refractivity contribution in [1.82, 2.24) is 15.3 Å². The van der Waals surface area contributed by atoms with Crippen LogP contribution < -0.4 is 5.32 Å². The third-order valence-corrected chi connectivity index (χ3v) is 6.01. The molecule has 3 amide bonds. The number of rotatable bonds is 13. The molecule has 2 rings (SSSR count). The third kappa shape index (κ3) is 6.62. The highest BCUT2D eigenvalue weighted by Crippen LogP contribution is 2.36. The number of hydroxylamine groups is 2. The van der Waals surface area contributed by atoms with Crippen molar-refractivity contribution in [1.29, 1.82) is 10.7 Å². The molecule has 190 valence electrons. The van der Waals surface area contributed by atoms with E-state index < -0.39 is 52.2 Å². The number of carbonyl (C=O) groups excluding carboxylic acids is 3. The van der Waals surface area contributed by atoms with Crippen LogP contribution in [0.15, 0.2) is 24.3 Å². The highest BCUT2D eigenvalue weighted by atomic mass is 32.2. The lowest BCUT2D eigenvalue weighted by Crippen LogP contribution is -2.62. The van der Waals surface area contributed by atoms with Crippen molar-refractivity contribution in [2.24, 2.45) is 0 Å². The maximum atomic E-state index is 13.9. The minimum Gasteiger partial charge on any atom is -0.374 e. The van der Waals surface area contributed by atoms with Gasteiger partial charge < -0.3 is 10.1 Å². The highest BCUT2D eigenvalue weighted by Gasteiger charge is 2.55. The van der Waals surface area contributed by atoms with E-state index in [1.807, 2.05) is 6.07 Å². The summed E-state index contributed by atoms with van der Waals surface area (Å²) in [6.07, 6.45) is 0.914. The fraction of sp³-hybridized carbons (Fsp3) is 0.500. The second-order valence-electron chi connectivity index (χ2n) is 8.14. The molecule has 1 unspecified atom stereocenters. The van der Waals surface area contributed by atoms with Crippen molar-refractivity contribution in [2.75, 3.05) is 32.6 Å². The van der Waals surface area contributed by atoms with Crippen molar-refractivity contribution < 1.29 is 32.4 Å². The number of methoxy groups -OCH3 is 1. The van der Waals surface area contributed by atoms with Crippen LogP contribution in [0.1, 0.15) is 53.3 Å². The Labute approximate surface area is 204 Å². The summed E-state index contributed by atoms with van der Waals surface area (Å²) in [6, 6.07) is 7.93. The minimum atomic E-state index is -3.80. The third-order valence-electron chi connectivity index (χ3n) is 5.30. The largest absolute Gasteiger partial charge is 0.374 e. The van der Waals surface area contributed by atoms with Crippen LogP contribution in [0.25, 0.3) is 0 Å². The Kier molecular flexibility index (Phi) is 9.47. The van der Waals surface area contributed by atoms with Gasteiger partial charge in [0.25, 0.3) is 17.7 Å². The molecule has 0 saturated carbocycles. The Morgan fingerprint density at radius 2 is 1.83 bits per heavy atom.